The highest BCUT2D eigenvalue weighted by atomic mass is 16.5. The summed E-state index contributed by atoms with van der Waals surface area (Å²) in [5.41, 5.74) is 1.45. The highest BCUT2D eigenvalue weighted by Gasteiger charge is 2.06. The fourth-order valence-electron chi connectivity index (χ4n) is 1.14. The van der Waals surface area contributed by atoms with Gasteiger partial charge in [0.2, 0.25) is 0 Å². The van der Waals surface area contributed by atoms with Gasteiger partial charge in [0.15, 0.2) is 0 Å². The van der Waals surface area contributed by atoms with Gasteiger partial charge in [-0.05, 0) is 18.6 Å². The van der Waals surface area contributed by atoms with Gasteiger partial charge in [-0.3, -0.25) is 0 Å². The molecule has 0 bridgehead atoms. The Bertz CT molecular complexity index is 354. The van der Waals surface area contributed by atoms with Crippen molar-refractivity contribution in [3.63, 3.8) is 0 Å². The van der Waals surface area contributed by atoms with Crippen molar-refractivity contribution < 1.29 is 9.47 Å². The Balaban J connectivity index is 0. The van der Waals surface area contributed by atoms with E-state index in [9.17, 15) is 0 Å². The summed E-state index contributed by atoms with van der Waals surface area (Å²) < 4.78 is 10.1. The normalized spacial score (nSPS) is 7.65. The molecule has 0 aliphatic rings. The summed E-state index contributed by atoms with van der Waals surface area (Å²) in [5, 5.41) is 8.77. The quantitative estimate of drug-likeness (QED) is 0.782. The lowest BCUT2D eigenvalue weighted by Crippen LogP contribution is -1.92. The molecule has 0 heterocycles. The maximum Gasteiger partial charge on any atom is 0.137 e. The molecule has 0 saturated heterocycles. The van der Waals surface area contributed by atoms with Crippen molar-refractivity contribution in [2.75, 3.05) is 14.2 Å². The van der Waals surface area contributed by atoms with Gasteiger partial charge in [-0.15, -0.1) is 0 Å². The fraction of sp³-hybridized carbons (Fsp3) is 0.500. The van der Waals surface area contributed by atoms with E-state index in [4.69, 9.17) is 14.7 Å². The first-order chi connectivity index (χ1) is 8.22. The molecule has 0 amide bonds. The lowest BCUT2D eigenvalue weighted by atomic mass is 10.1. The van der Waals surface area contributed by atoms with Gasteiger partial charge in [0.05, 0.1) is 19.8 Å². The van der Waals surface area contributed by atoms with Crippen LogP contribution in [0.2, 0.25) is 0 Å². The van der Waals surface area contributed by atoms with Gasteiger partial charge >= 0.3 is 0 Å². The zero-order valence-electron chi connectivity index (χ0n) is 11.9. The standard InChI is InChI=1S/C10H11NO2.2C2H6/c1-7-4-10(13-3)8(6-11)5-9(7)12-2;2*1-2/h4-5H,1-3H3;2*1-2H3. The number of hydrogen-bond acceptors (Lipinski definition) is 3. The van der Waals surface area contributed by atoms with Crippen molar-refractivity contribution in [3.8, 4) is 17.6 Å². The number of methoxy groups -OCH3 is 2. The molecule has 0 aromatic heterocycles. The van der Waals surface area contributed by atoms with E-state index in [1.165, 1.54) is 0 Å². The van der Waals surface area contributed by atoms with Crippen molar-refractivity contribution in [1.29, 1.82) is 5.26 Å². The summed E-state index contributed by atoms with van der Waals surface area (Å²) in [7, 11) is 3.12. The highest BCUT2D eigenvalue weighted by molar-refractivity contribution is 5.51. The zero-order valence-corrected chi connectivity index (χ0v) is 11.9. The van der Waals surface area contributed by atoms with Gasteiger partial charge in [-0.2, -0.15) is 5.26 Å². The minimum Gasteiger partial charge on any atom is -0.496 e. The van der Waals surface area contributed by atoms with Gasteiger partial charge in [0.1, 0.15) is 17.6 Å². The Hall–Kier alpha value is -1.69. The molecule has 3 nitrogen and oxygen atoms in total. The Labute approximate surface area is 105 Å². The second-order valence-corrected chi connectivity index (χ2v) is 2.63. The number of benzene rings is 1. The van der Waals surface area contributed by atoms with Gasteiger partial charge in [0, 0.05) is 6.07 Å². The topological polar surface area (TPSA) is 42.2 Å². The van der Waals surface area contributed by atoms with Crippen molar-refractivity contribution >= 4 is 0 Å². The van der Waals surface area contributed by atoms with Crippen molar-refractivity contribution in [1.82, 2.24) is 0 Å². The molecule has 1 aromatic carbocycles. The van der Waals surface area contributed by atoms with E-state index in [-0.39, 0.29) is 0 Å². The minimum absolute atomic E-state index is 0.491. The smallest absolute Gasteiger partial charge is 0.137 e. The molecule has 0 saturated carbocycles. The van der Waals surface area contributed by atoms with Crippen LogP contribution in [-0.2, 0) is 0 Å². The van der Waals surface area contributed by atoms with E-state index in [0.29, 0.717) is 17.1 Å². The highest BCUT2D eigenvalue weighted by Crippen LogP contribution is 2.27. The number of rotatable bonds is 2. The summed E-state index contributed by atoms with van der Waals surface area (Å²) in [4.78, 5) is 0. The van der Waals surface area contributed by atoms with Crippen LogP contribution in [0.3, 0.4) is 0 Å². The van der Waals surface area contributed by atoms with E-state index in [2.05, 4.69) is 0 Å². The first kappa shape index (κ1) is 17.7. The van der Waals surface area contributed by atoms with Crippen LogP contribution in [0.4, 0.5) is 0 Å². The van der Waals surface area contributed by atoms with Crippen LogP contribution < -0.4 is 9.47 Å². The Morgan fingerprint density at radius 3 is 1.76 bits per heavy atom. The van der Waals surface area contributed by atoms with Crippen LogP contribution in [0.15, 0.2) is 12.1 Å². The molecular weight excluding hydrogens is 214 g/mol. The monoisotopic (exact) mass is 237 g/mol. The number of hydrogen-bond donors (Lipinski definition) is 0. The molecule has 0 fully saturated rings. The predicted molar refractivity (Wildman–Crippen MR) is 71.7 cm³/mol. The third kappa shape index (κ3) is 5.26. The molecule has 0 N–H and O–H groups in total. The van der Waals surface area contributed by atoms with E-state index < -0.39 is 0 Å². The molecule has 96 valence electrons. The molecular formula is C14H23NO2. The first-order valence-corrected chi connectivity index (χ1v) is 5.85. The van der Waals surface area contributed by atoms with Crippen LogP contribution in [0.5, 0.6) is 11.5 Å². The largest absolute Gasteiger partial charge is 0.496 e. The molecule has 0 unspecified atom stereocenters. The average Bonchev–Trinajstić information content (AvgIpc) is 2.42. The van der Waals surface area contributed by atoms with Crippen LogP contribution in [-0.4, -0.2) is 14.2 Å². The number of aryl methyl sites for hydroxylation is 1. The summed E-state index contributed by atoms with van der Waals surface area (Å²) in [6, 6.07) is 5.51. The second kappa shape index (κ2) is 10.8. The van der Waals surface area contributed by atoms with Crippen molar-refractivity contribution in [2.45, 2.75) is 34.6 Å². The molecule has 0 radical (unpaired) electrons. The van der Waals surface area contributed by atoms with Crippen molar-refractivity contribution in [2.24, 2.45) is 0 Å². The molecule has 3 heteroatoms. The molecule has 0 spiro atoms. The maximum absolute atomic E-state index is 8.77. The Morgan fingerprint density at radius 1 is 0.941 bits per heavy atom. The van der Waals surface area contributed by atoms with E-state index in [1.54, 1.807) is 26.4 Å². The molecule has 0 aliphatic heterocycles. The zero-order chi connectivity index (χ0) is 13.8. The summed E-state index contributed by atoms with van der Waals surface area (Å²) in [6.45, 7) is 9.91. The molecule has 17 heavy (non-hydrogen) atoms. The minimum atomic E-state index is 0.491. The van der Waals surface area contributed by atoms with Gasteiger partial charge in [-0.1, -0.05) is 27.7 Å². The van der Waals surface area contributed by atoms with Gasteiger partial charge in [-0.25, -0.2) is 0 Å². The SMILES string of the molecule is CC.CC.COc1cc(C#N)c(OC)cc1C. The van der Waals surface area contributed by atoms with E-state index in [1.807, 2.05) is 40.7 Å². The summed E-state index contributed by atoms with van der Waals surface area (Å²) in [6.07, 6.45) is 0. The summed E-state index contributed by atoms with van der Waals surface area (Å²) in [5.74, 6) is 1.29. The van der Waals surface area contributed by atoms with Crippen LogP contribution in [0, 0.1) is 18.3 Å². The summed E-state index contributed by atoms with van der Waals surface area (Å²) >= 11 is 0. The van der Waals surface area contributed by atoms with E-state index >= 15 is 0 Å². The number of nitriles is 1. The molecule has 1 aromatic rings. The lowest BCUT2D eigenvalue weighted by molar-refractivity contribution is 0.399. The molecule has 0 atom stereocenters. The number of ether oxygens (including phenoxy) is 2. The average molecular weight is 237 g/mol. The fourth-order valence-corrected chi connectivity index (χ4v) is 1.14. The van der Waals surface area contributed by atoms with Gasteiger partial charge in [0.25, 0.3) is 0 Å². The lowest BCUT2D eigenvalue weighted by Gasteiger charge is -2.08. The van der Waals surface area contributed by atoms with Gasteiger partial charge < -0.3 is 9.47 Å². The maximum atomic E-state index is 8.77. The van der Waals surface area contributed by atoms with E-state index in [0.717, 1.165) is 5.56 Å². The van der Waals surface area contributed by atoms with Crippen LogP contribution in [0.1, 0.15) is 38.8 Å². The number of nitrogens with zero attached hydrogens (tertiary/aromatic N) is 1. The Kier molecular flexibility index (Phi) is 11.3. The molecule has 1 rings (SSSR count). The third-order valence-electron chi connectivity index (χ3n) is 1.84. The Morgan fingerprint density at radius 2 is 1.41 bits per heavy atom. The predicted octanol–water partition coefficient (Wildman–Crippen LogP) is 3.94. The third-order valence-corrected chi connectivity index (χ3v) is 1.84. The first-order valence-electron chi connectivity index (χ1n) is 5.85. The second-order valence-electron chi connectivity index (χ2n) is 2.63. The molecule has 0 aliphatic carbocycles. The van der Waals surface area contributed by atoms with Crippen LogP contribution >= 0.6 is 0 Å². The van der Waals surface area contributed by atoms with Crippen molar-refractivity contribution in [3.05, 3.63) is 23.3 Å². The van der Waals surface area contributed by atoms with Crippen LogP contribution in [0.25, 0.3) is 0 Å².